The second-order valence-electron chi connectivity index (χ2n) is 9.68. The first kappa shape index (κ1) is 28.6. The van der Waals surface area contributed by atoms with Gasteiger partial charge in [0.1, 0.15) is 5.75 Å². The highest BCUT2D eigenvalue weighted by Gasteiger charge is 2.31. The zero-order valence-electron chi connectivity index (χ0n) is 22.7. The van der Waals surface area contributed by atoms with Gasteiger partial charge in [0.2, 0.25) is 5.95 Å². The minimum atomic E-state index is -4.57. The van der Waals surface area contributed by atoms with Crippen molar-refractivity contribution in [2.45, 2.75) is 12.6 Å². The van der Waals surface area contributed by atoms with Crippen LogP contribution in [0.3, 0.4) is 0 Å². The van der Waals surface area contributed by atoms with Crippen molar-refractivity contribution >= 4 is 34.1 Å². The summed E-state index contributed by atoms with van der Waals surface area (Å²) in [6.07, 6.45) is -2.16. The Morgan fingerprint density at radius 1 is 1.00 bits per heavy atom. The molecule has 0 radical (unpaired) electrons. The van der Waals surface area contributed by atoms with Crippen molar-refractivity contribution in [3.63, 3.8) is 0 Å². The van der Waals surface area contributed by atoms with Gasteiger partial charge < -0.3 is 25.6 Å². The number of fused-ring (bicyclic) bond motifs is 1. The zero-order chi connectivity index (χ0) is 29.0. The van der Waals surface area contributed by atoms with Crippen LogP contribution in [0.5, 0.6) is 5.75 Å². The van der Waals surface area contributed by atoms with Gasteiger partial charge in [0.05, 0.1) is 35.1 Å². The average Bonchev–Trinajstić information content (AvgIpc) is 2.91. The van der Waals surface area contributed by atoms with E-state index in [9.17, 15) is 18.0 Å². The Balaban J connectivity index is 1.68. The topological polar surface area (TPSA) is 96.6 Å². The van der Waals surface area contributed by atoms with Gasteiger partial charge in [-0.3, -0.25) is 4.79 Å². The highest BCUT2D eigenvalue weighted by Crippen LogP contribution is 2.36. The largest absolute Gasteiger partial charge is 0.496 e. The van der Waals surface area contributed by atoms with E-state index < -0.39 is 17.6 Å². The van der Waals surface area contributed by atoms with Crippen molar-refractivity contribution in [1.29, 1.82) is 0 Å². The summed E-state index contributed by atoms with van der Waals surface area (Å²) in [6, 6.07) is 13.9. The summed E-state index contributed by atoms with van der Waals surface area (Å²) in [4.78, 5) is 25.6. The van der Waals surface area contributed by atoms with E-state index in [2.05, 4.69) is 15.3 Å². The molecule has 0 aliphatic heterocycles. The summed E-state index contributed by atoms with van der Waals surface area (Å²) in [5.41, 5.74) is 7.69. The summed E-state index contributed by atoms with van der Waals surface area (Å²) in [5.74, 6) is -0.148. The maximum Gasteiger partial charge on any atom is 0.416 e. The summed E-state index contributed by atoms with van der Waals surface area (Å²) >= 11 is 0. The van der Waals surface area contributed by atoms with Gasteiger partial charge in [-0.05, 0) is 80.7 Å². The average molecular weight is 553 g/mol. The smallest absolute Gasteiger partial charge is 0.416 e. The molecule has 0 saturated carbocycles. The highest BCUT2D eigenvalue weighted by atomic mass is 19.4. The lowest BCUT2D eigenvalue weighted by Gasteiger charge is -2.24. The third kappa shape index (κ3) is 6.60. The fourth-order valence-electron chi connectivity index (χ4n) is 4.37. The molecule has 0 aliphatic carbocycles. The molecule has 0 unspecified atom stereocenters. The van der Waals surface area contributed by atoms with E-state index in [0.717, 1.165) is 36.0 Å². The quantitative estimate of drug-likeness (QED) is 0.281. The normalized spacial score (nSPS) is 11.6. The number of nitrogens with zero attached hydrogens (tertiary/aromatic N) is 4. The molecular weight excluding hydrogens is 521 g/mol. The Labute approximate surface area is 230 Å². The van der Waals surface area contributed by atoms with Crippen molar-refractivity contribution in [1.82, 2.24) is 14.9 Å². The molecule has 0 aliphatic rings. The lowest BCUT2D eigenvalue weighted by molar-refractivity contribution is -0.137. The highest BCUT2D eigenvalue weighted by molar-refractivity contribution is 6.08. The van der Waals surface area contributed by atoms with E-state index in [1.165, 1.54) is 13.2 Å². The van der Waals surface area contributed by atoms with E-state index in [-0.39, 0.29) is 22.9 Å². The summed E-state index contributed by atoms with van der Waals surface area (Å²) in [5, 5.41) is 3.47. The molecule has 8 nitrogen and oxygen atoms in total. The number of nitrogens with one attached hydrogen (secondary N) is 1. The lowest BCUT2D eigenvalue weighted by atomic mass is 10.0. The molecule has 210 valence electrons. The van der Waals surface area contributed by atoms with Crippen LogP contribution in [0.15, 0.2) is 60.8 Å². The number of alkyl halides is 3. The van der Waals surface area contributed by atoms with Crippen molar-refractivity contribution in [2.75, 3.05) is 57.3 Å². The van der Waals surface area contributed by atoms with Gasteiger partial charge in [-0.25, -0.2) is 9.97 Å². The second-order valence-corrected chi connectivity index (χ2v) is 9.68. The van der Waals surface area contributed by atoms with Crippen LogP contribution < -0.4 is 20.7 Å². The first-order valence-electron chi connectivity index (χ1n) is 12.6. The van der Waals surface area contributed by atoms with E-state index in [1.54, 1.807) is 37.5 Å². The first-order chi connectivity index (χ1) is 19.0. The number of carbonyl (C=O) groups is 1. The molecule has 4 aromatic rings. The minimum absolute atomic E-state index is 0.0556. The number of anilines is 3. The molecular formula is C29H31F3N6O2. The fraction of sp³-hybridized carbons (Fsp3) is 0.276. The van der Waals surface area contributed by atoms with Crippen LogP contribution in [0, 0.1) is 0 Å². The molecule has 0 atom stereocenters. The lowest BCUT2D eigenvalue weighted by Crippen LogP contribution is -2.25. The molecule has 11 heteroatoms. The number of nitrogen functional groups attached to an aromatic ring is 1. The van der Waals surface area contributed by atoms with E-state index >= 15 is 0 Å². The van der Waals surface area contributed by atoms with Gasteiger partial charge >= 0.3 is 6.18 Å². The molecule has 1 amide bonds. The molecule has 3 aromatic carbocycles. The monoisotopic (exact) mass is 552 g/mol. The predicted molar refractivity (Wildman–Crippen MR) is 152 cm³/mol. The summed E-state index contributed by atoms with van der Waals surface area (Å²) in [6.45, 7) is 1.40. The van der Waals surface area contributed by atoms with Gasteiger partial charge in [-0.1, -0.05) is 12.1 Å². The third-order valence-corrected chi connectivity index (χ3v) is 6.46. The number of nitrogens with two attached hydrogens (primary N) is 1. The number of halogens is 3. The Bertz CT molecular complexity index is 1520. The number of methoxy groups -OCH3 is 1. The Morgan fingerprint density at radius 3 is 2.42 bits per heavy atom. The van der Waals surface area contributed by atoms with Crippen molar-refractivity contribution < 1.29 is 22.7 Å². The maximum absolute atomic E-state index is 13.6. The van der Waals surface area contributed by atoms with Gasteiger partial charge in [0.25, 0.3) is 5.91 Å². The first-order valence-corrected chi connectivity index (χ1v) is 12.6. The van der Waals surface area contributed by atoms with E-state index in [4.69, 9.17) is 10.5 Å². The number of aromatic nitrogens is 2. The molecule has 0 fully saturated rings. The summed E-state index contributed by atoms with van der Waals surface area (Å²) < 4.78 is 46.2. The van der Waals surface area contributed by atoms with Gasteiger partial charge in [-0.2, -0.15) is 13.2 Å². The van der Waals surface area contributed by atoms with Crippen LogP contribution in [0.4, 0.5) is 30.5 Å². The minimum Gasteiger partial charge on any atom is -0.496 e. The molecule has 0 bridgehead atoms. The van der Waals surface area contributed by atoms with Crippen molar-refractivity contribution in [3.05, 3.63) is 71.9 Å². The van der Waals surface area contributed by atoms with Crippen LogP contribution in [-0.4, -0.2) is 62.1 Å². The second kappa shape index (κ2) is 11.8. The van der Waals surface area contributed by atoms with Crippen LogP contribution in [-0.2, 0) is 6.18 Å². The zero-order valence-corrected chi connectivity index (χ0v) is 22.7. The number of rotatable bonds is 9. The molecule has 3 N–H and O–H groups in total. The molecule has 4 rings (SSSR count). The van der Waals surface area contributed by atoms with Crippen LogP contribution in [0.25, 0.3) is 22.0 Å². The Morgan fingerprint density at radius 2 is 1.73 bits per heavy atom. The summed E-state index contributed by atoms with van der Waals surface area (Å²) in [7, 11) is 7.11. The molecule has 0 spiro atoms. The van der Waals surface area contributed by atoms with E-state index in [1.807, 2.05) is 36.0 Å². The molecule has 1 heterocycles. The third-order valence-electron chi connectivity index (χ3n) is 6.46. The number of carbonyl (C=O) groups excluding carboxylic acids is 1. The van der Waals surface area contributed by atoms with Crippen molar-refractivity contribution in [3.8, 4) is 16.9 Å². The van der Waals surface area contributed by atoms with Crippen LogP contribution >= 0.6 is 0 Å². The fourth-order valence-corrected chi connectivity index (χ4v) is 4.37. The predicted octanol–water partition coefficient (Wildman–Crippen LogP) is 5.55. The number of amides is 1. The van der Waals surface area contributed by atoms with Gasteiger partial charge in [-0.15, -0.1) is 0 Å². The van der Waals surface area contributed by atoms with Gasteiger partial charge in [0.15, 0.2) is 0 Å². The SMILES string of the molecule is COc1ccc(-c2ccc3nc(N)ncc3c2)cc1C(=O)Nc1cc(C(F)(F)F)ccc1N(C)CCCN(C)C. The molecule has 0 saturated heterocycles. The number of hydrogen-bond donors (Lipinski definition) is 2. The molecule has 40 heavy (non-hydrogen) atoms. The van der Waals surface area contributed by atoms with E-state index in [0.29, 0.717) is 23.3 Å². The van der Waals surface area contributed by atoms with Gasteiger partial charge in [0, 0.05) is 25.2 Å². The van der Waals surface area contributed by atoms with Crippen LogP contribution in [0.2, 0.25) is 0 Å². The Hall–Kier alpha value is -4.38. The standard InChI is InChI=1S/C29H31F3N6O2/c1-37(2)12-5-13-38(3)25-10-8-21(29(30,31)32)16-24(25)35-27(39)22-15-19(7-11-26(22)40-4)18-6-9-23-20(14-18)17-34-28(33)36-23/h6-11,14-17H,5,12-13H2,1-4H3,(H,35,39)(H2,33,34,36). The Kier molecular flexibility index (Phi) is 8.43. The molecule has 1 aromatic heterocycles. The number of benzene rings is 3. The maximum atomic E-state index is 13.6. The van der Waals surface area contributed by atoms with Crippen molar-refractivity contribution in [2.24, 2.45) is 0 Å². The van der Waals surface area contributed by atoms with Crippen LogP contribution in [0.1, 0.15) is 22.3 Å². The number of hydrogen-bond acceptors (Lipinski definition) is 7. The number of ether oxygens (including phenoxy) is 1.